The van der Waals surface area contributed by atoms with Gasteiger partial charge in [0.2, 0.25) is 10.0 Å². The summed E-state index contributed by atoms with van der Waals surface area (Å²) in [6.45, 7) is 2.78. The summed E-state index contributed by atoms with van der Waals surface area (Å²) in [5.74, 6) is 0.582. The number of nitrogens with zero attached hydrogens (tertiary/aromatic N) is 3. The molecule has 1 aliphatic heterocycles. The van der Waals surface area contributed by atoms with Crippen LogP contribution in [0, 0.1) is 6.92 Å². The smallest absolute Gasteiger partial charge is 0.278 e. The first-order valence-corrected chi connectivity index (χ1v) is 10.1. The summed E-state index contributed by atoms with van der Waals surface area (Å²) in [5, 5.41) is 0. The van der Waals surface area contributed by atoms with Crippen molar-refractivity contribution in [1.82, 2.24) is 14.3 Å². The summed E-state index contributed by atoms with van der Waals surface area (Å²) in [5.41, 5.74) is 1.89. The van der Waals surface area contributed by atoms with Crippen molar-refractivity contribution in [2.75, 3.05) is 20.2 Å². The Morgan fingerprint density at radius 2 is 1.85 bits per heavy atom. The lowest BCUT2D eigenvalue weighted by Gasteiger charge is -2.32. The Morgan fingerprint density at radius 3 is 2.54 bits per heavy atom. The van der Waals surface area contributed by atoms with E-state index in [1.165, 1.54) is 23.8 Å². The van der Waals surface area contributed by atoms with E-state index < -0.39 is 10.0 Å². The van der Waals surface area contributed by atoms with Crippen molar-refractivity contribution in [2.45, 2.75) is 31.6 Å². The quantitative estimate of drug-likeness (QED) is 0.767. The first-order chi connectivity index (χ1) is 12.5. The van der Waals surface area contributed by atoms with Gasteiger partial charge in [0, 0.05) is 18.9 Å². The summed E-state index contributed by atoms with van der Waals surface area (Å²) in [7, 11) is -1.91. The molecule has 1 unspecified atom stereocenters. The number of piperidine rings is 1. The van der Waals surface area contributed by atoms with Crippen molar-refractivity contribution in [2.24, 2.45) is 0 Å². The van der Waals surface area contributed by atoms with E-state index in [1.807, 2.05) is 31.2 Å². The number of aromatic nitrogens is 2. The van der Waals surface area contributed by atoms with Crippen molar-refractivity contribution >= 4 is 10.0 Å². The third kappa shape index (κ3) is 4.50. The molecule has 26 heavy (non-hydrogen) atoms. The lowest BCUT2D eigenvalue weighted by atomic mass is 10.1. The van der Waals surface area contributed by atoms with E-state index in [0.29, 0.717) is 19.0 Å². The molecule has 8 heteroatoms. The van der Waals surface area contributed by atoms with Crippen LogP contribution in [0.15, 0.2) is 36.7 Å². The van der Waals surface area contributed by atoms with E-state index in [1.54, 1.807) is 0 Å². The molecule has 0 N–H and O–H groups in total. The molecule has 3 rings (SSSR count). The minimum absolute atomic E-state index is 0.00549. The van der Waals surface area contributed by atoms with Crippen LogP contribution >= 0.6 is 0 Å². The fourth-order valence-electron chi connectivity index (χ4n) is 2.93. The van der Waals surface area contributed by atoms with Crippen LogP contribution in [-0.2, 0) is 15.8 Å². The van der Waals surface area contributed by atoms with Gasteiger partial charge in [-0.2, -0.15) is 4.31 Å². The van der Waals surface area contributed by atoms with Crippen LogP contribution < -0.4 is 9.47 Å². The van der Waals surface area contributed by atoms with E-state index in [-0.39, 0.29) is 17.7 Å². The zero-order chi connectivity index (χ0) is 18.6. The molecule has 2 aromatic rings. The molecule has 7 nitrogen and oxygen atoms in total. The fraction of sp³-hybridized carbons (Fsp3) is 0.444. The molecule has 0 radical (unpaired) electrons. The maximum absolute atomic E-state index is 12.8. The Hall–Kier alpha value is -2.19. The van der Waals surface area contributed by atoms with Crippen LogP contribution in [0.25, 0.3) is 0 Å². The molecule has 1 fully saturated rings. The third-order valence-electron chi connectivity index (χ3n) is 4.31. The molecule has 0 bridgehead atoms. The Balaban J connectivity index is 1.68. The van der Waals surface area contributed by atoms with Crippen LogP contribution in [0.5, 0.6) is 11.8 Å². The van der Waals surface area contributed by atoms with Crippen molar-refractivity contribution < 1.29 is 17.9 Å². The molecular formula is C18H23N3O4S. The number of rotatable bonds is 6. The molecule has 1 saturated heterocycles. The number of methoxy groups -OCH3 is 1. The highest BCUT2D eigenvalue weighted by molar-refractivity contribution is 7.88. The molecule has 1 aliphatic rings. The van der Waals surface area contributed by atoms with Gasteiger partial charge in [0.25, 0.3) is 11.8 Å². The summed E-state index contributed by atoms with van der Waals surface area (Å²) >= 11 is 0. The van der Waals surface area contributed by atoms with Crippen LogP contribution in [-0.4, -0.2) is 49.0 Å². The minimum Gasteiger partial charge on any atom is -0.477 e. The standard InChI is InChI=1S/C18H23N3O4S/c1-14-5-7-15(8-6-14)13-26(22,23)21-11-3-4-16(12-21)25-18-17(24-2)19-9-10-20-18/h5-10,16H,3-4,11-13H2,1-2H3. The van der Waals surface area contributed by atoms with Gasteiger partial charge in [0.05, 0.1) is 19.4 Å². The molecule has 0 amide bonds. The summed E-state index contributed by atoms with van der Waals surface area (Å²) < 4.78 is 38.1. The summed E-state index contributed by atoms with van der Waals surface area (Å²) in [6, 6.07) is 7.56. The first-order valence-electron chi connectivity index (χ1n) is 8.53. The molecule has 1 aromatic heterocycles. The van der Waals surface area contributed by atoms with Crippen LogP contribution in [0.3, 0.4) is 0 Å². The first kappa shape index (κ1) is 18.6. The Morgan fingerprint density at radius 1 is 1.15 bits per heavy atom. The Kier molecular flexibility index (Phi) is 5.73. The van der Waals surface area contributed by atoms with Gasteiger partial charge in [0.15, 0.2) is 0 Å². The normalized spacial score (nSPS) is 18.5. The molecule has 140 valence electrons. The van der Waals surface area contributed by atoms with E-state index >= 15 is 0 Å². The van der Waals surface area contributed by atoms with Gasteiger partial charge in [-0.3, -0.25) is 0 Å². The fourth-order valence-corrected chi connectivity index (χ4v) is 4.53. The number of aryl methyl sites for hydroxylation is 1. The predicted molar refractivity (Wildman–Crippen MR) is 97.6 cm³/mol. The van der Waals surface area contributed by atoms with E-state index in [2.05, 4.69) is 9.97 Å². The summed E-state index contributed by atoms with van der Waals surface area (Å²) in [4.78, 5) is 8.18. The zero-order valence-electron chi connectivity index (χ0n) is 15.0. The van der Waals surface area contributed by atoms with Crippen molar-refractivity contribution in [3.63, 3.8) is 0 Å². The highest BCUT2D eigenvalue weighted by Crippen LogP contribution is 2.25. The molecule has 1 atom stereocenters. The second-order valence-electron chi connectivity index (χ2n) is 6.35. The van der Waals surface area contributed by atoms with Crippen LogP contribution in [0.4, 0.5) is 0 Å². The number of ether oxygens (including phenoxy) is 2. The second-order valence-corrected chi connectivity index (χ2v) is 8.32. The predicted octanol–water partition coefficient (Wildman–Crippen LogP) is 2.17. The van der Waals surface area contributed by atoms with Crippen LogP contribution in [0.1, 0.15) is 24.0 Å². The van der Waals surface area contributed by atoms with Crippen molar-refractivity contribution in [1.29, 1.82) is 0 Å². The highest BCUT2D eigenvalue weighted by Gasteiger charge is 2.30. The number of hydrogen-bond donors (Lipinski definition) is 0. The molecule has 0 saturated carbocycles. The maximum atomic E-state index is 12.8. The zero-order valence-corrected chi connectivity index (χ0v) is 15.8. The third-order valence-corrected chi connectivity index (χ3v) is 6.13. The van der Waals surface area contributed by atoms with Gasteiger partial charge in [-0.05, 0) is 25.3 Å². The Bertz CT molecular complexity index is 840. The average molecular weight is 377 g/mol. The number of benzene rings is 1. The Labute approximate surface area is 154 Å². The highest BCUT2D eigenvalue weighted by atomic mass is 32.2. The monoisotopic (exact) mass is 377 g/mol. The van der Waals surface area contributed by atoms with Gasteiger partial charge in [-0.25, -0.2) is 18.4 Å². The SMILES string of the molecule is COc1nccnc1OC1CCCN(S(=O)(=O)Cc2ccc(C)cc2)C1. The van der Waals surface area contributed by atoms with E-state index in [9.17, 15) is 8.42 Å². The largest absolute Gasteiger partial charge is 0.477 e. The average Bonchev–Trinajstić information content (AvgIpc) is 2.64. The molecule has 2 heterocycles. The lowest BCUT2D eigenvalue weighted by molar-refractivity contribution is 0.119. The van der Waals surface area contributed by atoms with Gasteiger partial charge in [-0.15, -0.1) is 0 Å². The van der Waals surface area contributed by atoms with E-state index in [0.717, 1.165) is 24.0 Å². The lowest BCUT2D eigenvalue weighted by Crippen LogP contribution is -2.44. The number of hydrogen-bond acceptors (Lipinski definition) is 6. The molecule has 0 aliphatic carbocycles. The second kappa shape index (κ2) is 8.01. The maximum Gasteiger partial charge on any atom is 0.278 e. The summed E-state index contributed by atoms with van der Waals surface area (Å²) in [6.07, 6.45) is 4.26. The molecular weight excluding hydrogens is 354 g/mol. The van der Waals surface area contributed by atoms with Gasteiger partial charge in [0.1, 0.15) is 6.10 Å². The molecule has 1 aromatic carbocycles. The van der Waals surface area contributed by atoms with Gasteiger partial charge < -0.3 is 9.47 Å². The van der Waals surface area contributed by atoms with Crippen LogP contribution in [0.2, 0.25) is 0 Å². The minimum atomic E-state index is -3.40. The van der Waals surface area contributed by atoms with E-state index in [4.69, 9.17) is 9.47 Å². The number of sulfonamides is 1. The topological polar surface area (TPSA) is 81.6 Å². The molecule has 0 spiro atoms. The van der Waals surface area contributed by atoms with Crippen molar-refractivity contribution in [3.05, 3.63) is 47.8 Å². The van der Waals surface area contributed by atoms with Crippen molar-refractivity contribution in [3.8, 4) is 11.8 Å². The van der Waals surface area contributed by atoms with Gasteiger partial charge >= 0.3 is 0 Å². The van der Waals surface area contributed by atoms with Gasteiger partial charge in [-0.1, -0.05) is 29.8 Å².